The zero-order valence-electron chi connectivity index (χ0n) is 24.9. The van der Waals surface area contributed by atoms with Crippen LogP contribution < -0.4 is 0 Å². The molecule has 1 aliphatic carbocycles. The Morgan fingerprint density at radius 3 is 2.05 bits per heavy atom. The van der Waals surface area contributed by atoms with E-state index in [4.69, 9.17) is 4.52 Å². The van der Waals surface area contributed by atoms with E-state index in [0.717, 1.165) is 28.9 Å². The highest BCUT2D eigenvalue weighted by Crippen LogP contribution is 2.38. The fourth-order valence-electron chi connectivity index (χ4n) is 6.35. The predicted molar refractivity (Wildman–Crippen MR) is 170 cm³/mol. The van der Waals surface area contributed by atoms with Gasteiger partial charge in [0.1, 0.15) is 5.69 Å². The quantitative estimate of drug-likeness (QED) is 0.148. The molecule has 0 N–H and O–H groups in total. The first kappa shape index (κ1) is 30.1. The standard InChI is InChI=1S/C36H53NOS/c1-3-5-7-8-9-10-11-12-13-15-17-33-26-27-36(39-33)35-28-34(37-38-35)32-24-22-31(23-25-32)30-20-18-29(19-21-30)16-14-6-4-2/h22-30H,3-21H2,1-2H3. The van der Waals surface area contributed by atoms with E-state index >= 15 is 0 Å². The lowest BCUT2D eigenvalue weighted by Gasteiger charge is -2.29. The van der Waals surface area contributed by atoms with Crippen LogP contribution in [0, 0.1) is 5.92 Å². The molecular formula is C36H53NOS. The summed E-state index contributed by atoms with van der Waals surface area (Å²) in [6, 6.07) is 15.8. The molecule has 1 aliphatic rings. The Morgan fingerprint density at radius 2 is 1.36 bits per heavy atom. The molecule has 0 bridgehead atoms. The molecule has 0 saturated heterocycles. The summed E-state index contributed by atoms with van der Waals surface area (Å²) in [5.74, 6) is 2.59. The maximum Gasteiger partial charge on any atom is 0.177 e. The molecule has 2 nitrogen and oxygen atoms in total. The zero-order chi connectivity index (χ0) is 27.1. The molecule has 2 aromatic heterocycles. The normalized spacial score (nSPS) is 17.6. The van der Waals surface area contributed by atoms with Crippen molar-refractivity contribution in [1.82, 2.24) is 5.16 Å². The molecule has 3 heteroatoms. The molecule has 1 saturated carbocycles. The third-order valence-corrected chi connectivity index (χ3v) is 10.1. The molecule has 1 aromatic carbocycles. The van der Waals surface area contributed by atoms with Crippen LogP contribution in [0.15, 0.2) is 47.0 Å². The highest BCUT2D eigenvalue weighted by Gasteiger charge is 2.22. The Morgan fingerprint density at radius 1 is 0.718 bits per heavy atom. The number of hydrogen-bond donors (Lipinski definition) is 0. The van der Waals surface area contributed by atoms with Gasteiger partial charge in [-0.2, -0.15) is 0 Å². The molecule has 39 heavy (non-hydrogen) atoms. The van der Waals surface area contributed by atoms with Gasteiger partial charge in [-0.15, -0.1) is 11.3 Å². The van der Waals surface area contributed by atoms with Crippen LogP contribution in [-0.4, -0.2) is 5.16 Å². The molecule has 1 fully saturated rings. The summed E-state index contributed by atoms with van der Waals surface area (Å²) >= 11 is 1.87. The van der Waals surface area contributed by atoms with E-state index in [2.05, 4.69) is 61.5 Å². The minimum absolute atomic E-state index is 0.731. The first-order valence-electron chi connectivity index (χ1n) is 16.4. The van der Waals surface area contributed by atoms with Gasteiger partial charge in [-0.05, 0) is 68.1 Å². The van der Waals surface area contributed by atoms with Crippen LogP contribution in [0.25, 0.3) is 21.9 Å². The van der Waals surface area contributed by atoms with Crippen molar-refractivity contribution in [3.8, 4) is 21.9 Å². The van der Waals surface area contributed by atoms with Crippen LogP contribution in [-0.2, 0) is 6.42 Å². The number of aromatic nitrogens is 1. The van der Waals surface area contributed by atoms with Gasteiger partial charge < -0.3 is 4.52 Å². The lowest BCUT2D eigenvalue weighted by Crippen LogP contribution is -2.13. The third kappa shape index (κ3) is 9.92. The summed E-state index contributed by atoms with van der Waals surface area (Å²) in [6.07, 6.45) is 26.2. The lowest BCUT2D eigenvalue weighted by atomic mass is 9.77. The van der Waals surface area contributed by atoms with Crippen LogP contribution in [0.3, 0.4) is 0 Å². The number of thiophene rings is 1. The first-order valence-corrected chi connectivity index (χ1v) is 17.2. The van der Waals surface area contributed by atoms with E-state index in [-0.39, 0.29) is 0 Å². The summed E-state index contributed by atoms with van der Waals surface area (Å²) in [5.41, 5.74) is 3.61. The summed E-state index contributed by atoms with van der Waals surface area (Å²) in [7, 11) is 0. The van der Waals surface area contributed by atoms with Crippen molar-refractivity contribution in [1.29, 1.82) is 0 Å². The Balaban J connectivity index is 1.18. The Kier molecular flexibility index (Phi) is 13.2. The van der Waals surface area contributed by atoms with Crippen molar-refractivity contribution in [2.24, 2.45) is 5.92 Å². The van der Waals surface area contributed by atoms with Gasteiger partial charge in [0.25, 0.3) is 0 Å². The molecule has 214 valence electrons. The number of benzene rings is 1. The molecule has 0 aliphatic heterocycles. The maximum absolute atomic E-state index is 5.78. The second-order valence-corrected chi connectivity index (χ2v) is 13.3. The average molecular weight is 548 g/mol. The van der Waals surface area contributed by atoms with Gasteiger partial charge in [0.15, 0.2) is 5.76 Å². The van der Waals surface area contributed by atoms with Gasteiger partial charge in [0.2, 0.25) is 0 Å². The molecule has 0 unspecified atom stereocenters. The largest absolute Gasteiger partial charge is 0.355 e. The van der Waals surface area contributed by atoms with Gasteiger partial charge in [-0.25, -0.2) is 0 Å². The van der Waals surface area contributed by atoms with E-state index in [1.165, 1.54) is 137 Å². The van der Waals surface area contributed by atoms with Crippen LogP contribution in [0.1, 0.15) is 146 Å². The van der Waals surface area contributed by atoms with E-state index in [0.29, 0.717) is 0 Å². The van der Waals surface area contributed by atoms with Crippen LogP contribution in [0.5, 0.6) is 0 Å². The van der Waals surface area contributed by atoms with Gasteiger partial charge in [0.05, 0.1) is 4.88 Å². The van der Waals surface area contributed by atoms with Gasteiger partial charge in [-0.1, -0.05) is 127 Å². The lowest BCUT2D eigenvalue weighted by molar-refractivity contribution is 0.303. The van der Waals surface area contributed by atoms with Crippen molar-refractivity contribution < 1.29 is 4.52 Å². The zero-order valence-corrected chi connectivity index (χ0v) is 25.7. The molecule has 0 radical (unpaired) electrons. The van der Waals surface area contributed by atoms with Crippen LogP contribution in [0.4, 0.5) is 0 Å². The highest BCUT2D eigenvalue weighted by atomic mass is 32.1. The SMILES string of the molecule is CCCCCCCCCCCCc1ccc(-c2cc(-c3ccc(C4CCC(CCCCC)CC4)cc3)no2)s1. The summed E-state index contributed by atoms with van der Waals surface area (Å²) in [6.45, 7) is 4.59. The number of nitrogens with zero attached hydrogens (tertiary/aromatic N) is 1. The van der Waals surface area contributed by atoms with Gasteiger partial charge in [-0.3, -0.25) is 0 Å². The van der Waals surface area contributed by atoms with Crippen molar-refractivity contribution in [3.63, 3.8) is 0 Å². The number of rotatable bonds is 18. The maximum atomic E-state index is 5.78. The monoisotopic (exact) mass is 547 g/mol. The molecule has 0 amide bonds. The van der Waals surface area contributed by atoms with E-state index in [1.807, 2.05) is 11.3 Å². The smallest absolute Gasteiger partial charge is 0.177 e. The van der Waals surface area contributed by atoms with E-state index in [9.17, 15) is 0 Å². The molecular weight excluding hydrogens is 494 g/mol. The topological polar surface area (TPSA) is 26.0 Å². The third-order valence-electron chi connectivity index (χ3n) is 8.93. The van der Waals surface area contributed by atoms with Crippen molar-refractivity contribution in [3.05, 3.63) is 52.9 Å². The van der Waals surface area contributed by atoms with Gasteiger partial charge in [0, 0.05) is 16.5 Å². The summed E-state index contributed by atoms with van der Waals surface area (Å²) in [4.78, 5) is 2.66. The predicted octanol–water partition coefficient (Wildman–Crippen LogP) is 12.4. The second kappa shape index (κ2) is 17.1. The number of hydrogen-bond acceptors (Lipinski definition) is 3. The molecule has 2 heterocycles. The molecule has 3 aromatic rings. The molecule has 0 spiro atoms. The summed E-state index contributed by atoms with van der Waals surface area (Å²) < 4.78 is 5.78. The Labute approximate surface area is 243 Å². The fourth-order valence-corrected chi connectivity index (χ4v) is 7.35. The van der Waals surface area contributed by atoms with Crippen molar-refractivity contribution in [2.75, 3.05) is 0 Å². The fraction of sp³-hybridized carbons (Fsp3) is 0.639. The summed E-state index contributed by atoms with van der Waals surface area (Å²) in [5, 5.41) is 4.42. The minimum atomic E-state index is 0.731. The van der Waals surface area contributed by atoms with Crippen molar-refractivity contribution in [2.45, 2.75) is 142 Å². The minimum Gasteiger partial charge on any atom is -0.355 e. The van der Waals surface area contributed by atoms with E-state index in [1.54, 1.807) is 0 Å². The molecule has 4 rings (SSSR count). The highest BCUT2D eigenvalue weighted by molar-refractivity contribution is 7.15. The molecule has 0 atom stereocenters. The van der Waals surface area contributed by atoms with Crippen molar-refractivity contribution >= 4 is 11.3 Å². The Bertz CT molecular complexity index is 1040. The average Bonchev–Trinajstić information content (AvgIpc) is 3.65. The Hall–Kier alpha value is -1.87. The van der Waals surface area contributed by atoms with E-state index < -0.39 is 0 Å². The number of aryl methyl sites for hydroxylation is 1. The van der Waals surface area contributed by atoms with Gasteiger partial charge >= 0.3 is 0 Å². The van der Waals surface area contributed by atoms with Crippen LogP contribution >= 0.6 is 11.3 Å². The number of unbranched alkanes of at least 4 members (excludes halogenated alkanes) is 11. The first-order chi connectivity index (χ1) is 19.3. The second-order valence-electron chi connectivity index (χ2n) is 12.1. The van der Waals surface area contributed by atoms with Crippen LogP contribution in [0.2, 0.25) is 0 Å².